The van der Waals surface area contributed by atoms with E-state index in [1.54, 1.807) is 0 Å². The van der Waals surface area contributed by atoms with Gasteiger partial charge in [-0.3, -0.25) is 0 Å². The minimum Gasteiger partial charge on any atom is -0.544 e. The van der Waals surface area contributed by atoms with E-state index in [-0.39, 0.29) is 11.2 Å². The number of hydrogen-bond donors (Lipinski definition) is 0. The molecule has 0 fully saturated rings. The van der Waals surface area contributed by atoms with Crippen molar-refractivity contribution in [3.05, 3.63) is 29.8 Å². The number of carboxylic acid groups (broad SMARTS) is 1. The molecule has 0 aliphatic carbocycles. The quantitative estimate of drug-likeness (QED) is 0.711. The van der Waals surface area contributed by atoms with Gasteiger partial charge in [-0.1, -0.05) is 6.92 Å². The van der Waals surface area contributed by atoms with E-state index < -0.39 is 23.5 Å². The van der Waals surface area contributed by atoms with Crippen LogP contribution in [-0.2, 0) is 9.53 Å². The van der Waals surface area contributed by atoms with E-state index in [1.165, 1.54) is 24.3 Å². The first-order chi connectivity index (χ1) is 10.8. The number of carboxylic acids is 1. The maximum atomic E-state index is 13.5. The van der Waals surface area contributed by atoms with Gasteiger partial charge in [0.2, 0.25) is 0 Å². The van der Waals surface area contributed by atoms with Crippen molar-refractivity contribution < 1.29 is 33.0 Å². The summed E-state index contributed by atoms with van der Waals surface area (Å²) in [5.41, 5.74) is -2.94. The lowest BCUT2D eigenvalue weighted by atomic mass is 10.0. The van der Waals surface area contributed by atoms with Crippen LogP contribution in [0.3, 0.4) is 0 Å². The minimum absolute atomic E-state index is 0.00104. The summed E-state index contributed by atoms with van der Waals surface area (Å²) in [7, 11) is 0. The number of benzene rings is 1. The predicted octanol–water partition coefficient (Wildman–Crippen LogP) is 2.57. The van der Waals surface area contributed by atoms with Crippen LogP contribution in [0.25, 0.3) is 0 Å². The zero-order chi connectivity index (χ0) is 18.8. The number of rotatable bonds is 7. The van der Waals surface area contributed by atoms with Gasteiger partial charge in [0, 0.05) is 0 Å². The zero-order valence-electron chi connectivity index (χ0n) is 14.3. The van der Waals surface area contributed by atoms with Crippen LogP contribution in [0.5, 0.6) is 5.75 Å². The van der Waals surface area contributed by atoms with Gasteiger partial charge in [0.15, 0.2) is 5.60 Å². The number of halogens is 2. The highest BCUT2D eigenvalue weighted by Crippen LogP contribution is 2.32. The van der Waals surface area contributed by atoms with E-state index in [0.717, 1.165) is 20.3 Å². The Bertz CT molecular complexity index is 606. The smallest absolute Gasteiger partial charge is 0.338 e. The van der Waals surface area contributed by atoms with Crippen molar-refractivity contribution in [2.45, 2.75) is 58.2 Å². The van der Waals surface area contributed by atoms with Crippen molar-refractivity contribution in [3.8, 4) is 5.75 Å². The first kappa shape index (κ1) is 19.9. The Labute approximate surface area is 139 Å². The monoisotopic (exact) mass is 343 g/mol. The summed E-state index contributed by atoms with van der Waals surface area (Å²) in [6.07, 6.45) is 0.767. The van der Waals surface area contributed by atoms with E-state index in [0.29, 0.717) is 5.75 Å². The molecule has 0 radical (unpaired) electrons. The molecule has 24 heavy (non-hydrogen) atoms. The SMILES string of the molecule is CCC(C)(C)Oc1ccc(C(=O)OC(C)(C)C(F)(F)C(=O)[O-])cc1. The maximum absolute atomic E-state index is 13.5. The molecule has 0 bridgehead atoms. The van der Waals surface area contributed by atoms with Crippen LogP contribution < -0.4 is 9.84 Å². The first-order valence-electron chi connectivity index (χ1n) is 7.44. The highest BCUT2D eigenvalue weighted by Gasteiger charge is 2.51. The summed E-state index contributed by atoms with van der Waals surface area (Å²) in [5.74, 6) is -7.48. The molecule has 0 atom stereocenters. The minimum atomic E-state index is -4.32. The van der Waals surface area contributed by atoms with E-state index in [1.807, 2.05) is 20.8 Å². The number of alkyl halides is 2. The van der Waals surface area contributed by atoms with Crippen molar-refractivity contribution in [2.24, 2.45) is 0 Å². The third kappa shape index (κ3) is 4.43. The Hall–Kier alpha value is -2.18. The molecule has 0 aliphatic rings. The predicted molar refractivity (Wildman–Crippen MR) is 80.9 cm³/mol. The highest BCUT2D eigenvalue weighted by atomic mass is 19.3. The lowest BCUT2D eigenvalue weighted by Crippen LogP contribution is -2.57. The van der Waals surface area contributed by atoms with Crippen molar-refractivity contribution in [1.29, 1.82) is 0 Å². The number of ether oxygens (including phenoxy) is 2. The standard InChI is InChI=1S/C17H22F2O5/c1-6-15(2,3)23-12-9-7-11(8-10-12)13(20)24-16(4,5)17(18,19)14(21)22/h7-10H,6H2,1-5H3,(H,21,22)/p-1. The van der Waals surface area contributed by atoms with E-state index in [9.17, 15) is 23.5 Å². The van der Waals surface area contributed by atoms with Crippen molar-refractivity contribution in [1.82, 2.24) is 0 Å². The Kier molecular flexibility index (Phi) is 5.58. The molecule has 1 aromatic carbocycles. The van der Waals surface area contributed by atoms with Crippen LogP contribution in [0, 0.1) is 0 Å². The molecule has 1 rings (SSSR count). The molecular weight excluding hydrogens is 322 g/mol. The zero-order valence-corrected chi connectivity index (χ0v) is 14.3. The van der Waals surface area contributed by atoms with Gasteiger partial charge in [0.25, 0.3) is 0 Å². The second-order valence-electron chi connectivity index (χ2n) is 6.50. The third-order valence-corrected chi connectivity index (χ3v) is 3.70. The molecule has 0 unspecified atom stereocenters. The summed E-state index contributed by atoms with van der Waals surface area (Å²) in [5, 5.41) is 10.5. The number of hydrogen-bond acceptors (Lipinski definition) is 5. The van der Waals surface area contributed by atoms with E-state index in [4.69, 9.17) is 4.74 Å². The number of esters is 1. The van der Waals surface area contributed by atoms with Crippen molar-refractivity contribution in [3.63, 3.8) is 0 Å². The fourth-order valence-corrected chi connectivity index (χ4v) is 1.65. The topological polar surface area (TPSA) is 75.7 Å². The molecule has 0 aliphatic heterocycles. The molecule has 0 saturated carbocycles. The van der Waals surface area contributed by atoms with E-state index in [2.05, 4.69) is 4.74 Å². The number of carbonyl (C=O) groups excluding carboxylic acids is 2. The summed E-state index contributed by atoms with van der Waals surface area (Å²) in [6.45, 7) is 7.38. The average Bonchev–Trinajstić information content (AvgIpc) is 2.46. The van der Waals surface area contributed by atoms with Gasteiger partial charge in [-0.25, -0.2) is 4.79 Å². The molecule has 0 N–H and O–H groups in total. The fraction of sp³-hybridized carbons (Fsp3) is 0.529. The van der Waals surface area contributed by atoms with E-state index >= 15 is 0 Å². The van der Waals surface area contributed by atoms with Crippen LogP contribution in [0.4, 0.5) is 8.78 Å². The maximum Gasteiger partial charge on any atom is 0.338 e. The largest absolute Gasteiger partial charge is 0.544 e. The summed E-state index contributed by atoms with van der Waals surface area (Å²) < 4.78 is 37.4. The third-order valence-electron chi connectivity index (χ3n) is 3.70. The second kappa shape index (κ2) is 6.75. The van der Waals surface area contributed by atoms with Crippen LogP contribution in [0.1, 0.15) is 51.4 Å². The summed E-state index contributed by atoms with van der Waals surface area (Å²) >= 11 is 0. The van der Waals surface area contributed by atoms with Crippen molar-refractivity contribution >= 4 is 11.9 Å². The number of aliphatic carboxylic acids is 1. The Morgan fingerprint density at radius 2 is 1.58 bits per heavy atom. The van der Waals surface area contributed by atoms with Gasteiger partial charge >= 0.3 is 11.9 Å². The van der Waals surface area contributed by atoms with Crippen molar-refractivity contribution in [2.75, 3.05) is 0 Å². The molecule has 0 spiro atoms. The van der Waals surface area contributed by atoms with Gasteiger partial charge in [0.1, 0.15) is 17.3 Å². The lowest BCUT2D eigenvalue weighted by Gasteiger charge is -2.33. The van der Waals surface area contributed by atoms with Crippen LogP contribution in [0.2, 0.25) is 0 Å². The van der Waals surface area contributed by atoms with Gasteiger partial charge in [0.05, 0.1) is 5.56 Å². The lowest BCUT2D eigenvalue weighted by molar-refractivity contribution is -0.341. The molecule has 5 nitrogen and oxygen atoms in total. The Morgan fingerprint density at radius 1 is 1.08 bits per heavy atom. The molecule has 0 amide bonds. The molecule has 0 heterocycles. The molecular formula is C17H21F2O5-. The normalized spacial score (nSPS) is 12.6. The molecule has 0 aromatic heterocycles. The fourth-order valence-electron chi connectivity index (χ4n) is 1.65. The first-order valence-corrected chi connectivity index (χ1v) is 7.44. The van der Waals surface area contributed by atoms with Crippen LogP contribution >= 0.6 is 0 Å². The van der Waals surface area contributed by atoms with Gasteiger partial charge in [-0.05, 0) is 58.4 Å². The summed E-state index contributed by atoms with van der Waals surface area (Å²) in [6, 6.07) is 5.74. The van der Waals surface area contributed by atoms with Gasteiger partial charge in [-0.15, -0.1) is 0 Å². The molecule has 1 aromatic rings. The Morgan fingerprint density at radius 3 is 2.00 bits per heavy atom. The number of carbonyl (C=O) groups is 2. The van der Waals surface area contributed by atoms with Crippen LogP contribution in [-0.4, -0.2) is 29.1 Å². The second-order valence-corrected chi connectivity index (χ2v) is 6.50. The van der Waals surface area contributed by atoms with Gasteiger partial charge < -0.3 is 19.4 Å². The summed E-state index contributed by atoms with van der Waals surface area (Å²) in [4.78, 5) is 22.5. The Balaban J connectivity index is 2.88. The molecule has 0 saturated heterocycles. The highest BCUT2D eigenvalue weighted by molar-refractivity contribution is 5.90. The molecule has 7 heteroatoms. The van der Waals surface area contributed by atoms with Crippen LogP contribution in [0.15, 0.2) is 24.3 Å². The molecule has 134 valence electrons. The van der Waals surface area contributed by atoms with Gasteiger partial charge in [-0.2, -0.15) is 8.78 Å². The average molecular weight is 343 g/mol.